The van der Waals surface area contributed by atoms with Crippen LogP contribution in [0.1, 0.15) is 11.1 Å². The Hall–Kier alpha value is -1.85. The van der Waals surface area contributed by atoms with Crippen LogP contribution in [0.25, 0.3) is 11.1 Å². The van der Waals surface area contributed by atoms with Crippen LogP contribution >= 0.6 is 0 Å². The highest BCUT2D eigenvalue weighted by Gasteiger charge is 2.29. The van der Waals surface area contributed by atoms with Gasteiger partial charge in [0.05, 0.1) is 5.56 Å². The van der Waals surface area contributed by atoms with Crippen molar-refractivity contribution in [1.29, 1.82) is 0 Å². The Morgan fingerprint density at radius 1 is 0.826 bits per heavy atom. The second kappa shape index (κ2) is 6.72. The minimum Gasteiger partial charge on any atom is -0.314 e. The van der Waals surface area contributed by atoms with Gasteiger partial charge in [-0.05, 0) is 28.8 Å². The predicted molar refractivity (Wildman–Crippen MR) is 85.0 cm³/mol. The minimum atomic E-state index is -4.29. The maximum Gasteiger partial charge on any atom is 0.416 e. The number of halogens is 3. The zero-order valence-corrected chi connectivity index (χ0v) is 12.7. The molecule has 0 spiro atoms. The molecule has 1 fully saturated rings. The summed E-state index contributed by atoms with van der Waals surface area (Å²) in [5.41, 5.74) is 2.34. The molecule has 0 unspecified atom stereocenters. The Kier molecular flexibility index (Phi) is 4.68. The van der Waals surface area contributed by atoms with Gasteiger partial charge in [0, 0.05) is 32.7 Å². The Morgan fingerprint density at radius 2 is 1.35 bits per heavy atom. The van der Waals surface area contributed by atoms with Crippen LogP contribution in [0.3, 0.4) is 0 Å². The lowest BCUT2D eigenvalue weighted by molar-refractivity contribution is -0.137. The SMILES string of the molecule is FC(F)(F)c1ccc(-c2ccc(CN3CCNCC3)cc2)cc1. The summed E-state index contributed by atoms with van der Waals surface area (Å²) in [4.78, 5) is 2.39. The van der Waals surface area contributed by atoms with Gasteiger partial charge in [0.1, 0.15) is 0 Å². The molecular formula is C18H19F3N2. The van der Waals surface area contributed by atoms with Crippen molar-refractivity contribution in [3.8, 4) is 11.1 Å². The summed E-state index contributed by atoms with van der Waals surface area (Å²) in [5, 5.41) is 3.32. The Labute approximate surface area is 133 Å². The van der Waals surface area contributed by atoms with Crippen LogP contribution in [0.2, 0.25) is 0 Å². The fourth-order valence-corrected chi connectivity index (χ4v) is 2.78. The number of piperazine rings is 1. The molecule has 0 bridgehead atoms. The first-order valence-corrected chi connectivity index (χ1v) is 7.72. The van der Waals surface area contributed by atoms with Crippen molar-refractivity contribution in [2.24, 2.45) is 0 Å². The van der Waals surface area contributed by atoms with Gasteiger partial charge < -0.3 is 5.32 Å². The molecule has 1 aliphatic rings. The number of nitrogens with one attached hydrogen (secondary N) is 1. The first kappa shape index (κ1) is 16.0. The number of hydrogen-bond acceptors (Lipinski definition) is 2. The third-order valence-corrected chi connectivity index (χ3v) is 4.12. The predicted octanol–water partition coefficient (Wildman–Crippen LogP) is 3.78. The Balaban J connectivity index is 1.69. The van der Waals surface area contributed by atoms with E-state index in [0.29, 0.717) is 0 Å². The van der Waals surface area contributed by atoms with Crippen molar-refractivity contribution in [3.63, 3.8) is 0 Å². The number of alkyl halides is 3. The molecule has 1 heterocycles. The van der Waals surface area contributed by atoms with Gasteiger partial charge in [-0.25, -0.2) is 0 Å². The molecule has 0 radical (unpaired) electrons. The summed E-state index contributed by atoms with van der Waals surface area (Å²) in [6.07, 6.45) is -4.29. The van der Waals surface area contributed by atoms with Crippen LogP contribution in [0.5, 0.6) is 0 Å². The Bertz CT molecular complexity index is 627. The van der Waals surface area contributed by atoms with Crippen molar-refractivity contribution >= 4 is 0 Å². The Morgan fingerprint density at radius 3 is 1.87 bits per heavy atom. The molecule has 3 rings (SSSR count). The van der Waals surface area contributed by atoms with Gasteiger partial charge in [-0.2, -0.15) is 13.2 Å². The molecule has 0 aromatic heterocycles. The van der Waals surface area contributed by atoms with E-state index in [1.54, 1.807) is 0 Å². The average molecular weight is 320 g/mol. The largest absolute Gasteiger partial charge is 0.416 e. The second-order valence-corrected chi connectivity index (χ2v) is 5.80. The average Bonchev–Trinajstić information content (AvgIpc) is 2.56. The van der Waals surface area contributed by atoms with E-state index in [2.05, 4.69) is 22.3 Å². The molecule has 1 saturated heterocycles. The number of nitrogens with zero attached hydrogens (tertiary/aromatic N) is 1. The van der Waals surface area contributed by atoms with E-state index in [0.717, 1.165) is 56.0 Å². The van der Waals surface area contributed by atoms with E-state index in [1.807, 2.05) is 12.1 Å². The van der Waals surface area contributed by atoms with Gasteiger partial charge in [-0.1, -0.05) is 36.4 Å². The van der Waals surface area contributed by atoms with Crippen molar-refractivity contribution in [1.82, 2.24) is 10.2 Å². The zero-order chi connectivity index (χ0) is 16.3. The third kappa shape index (κ3) is 4.12. The third-order valence-electron chi connectivity index (χ3n) is 4.12. The molecule has 0 amide bonds. The lowest BCUT2D eigenvalue weighted by Gasteiger charge is -2.27. The van der Waals surface area contributed by atoms with Crippen LogP contribution in [-0.2, 0) is 12.7 Å². The number of hydrogen-bond donors (Lipinski definition) is 1. The van der Waals surface area contributed by atoms with Gasteiger partial charge in [-0.3, -0.25) is 4.90 Å². The van der Waals surface area contributed by atoms with Gasteiger partial charge in [-0.15, -0.1) is 0 Å². The maximum absolute atomic E-state index is 12.6. The normalized spacial score (nSPS) is 16.5. The van der Waals surface area contributed by atoms with E-state index in [9.17, 15) is 13.2 Å². The fourth-order valence-electron chi connectivity index (χ4n) is 2.78. The highest BCUT2D eigenvalue weighted by Crippen LogP contribution is 2.31. The van der Waals surface area contributed by atoms with Crippen LogP contribution in [-0.4, -0.2) is 31.1 Å². The molecule has 0 saturated carbocycles. The number of rotatable bonds is 3. The van der Waals surface area contributed by atoms with Gasteiger partial charge in [0.25, 0.3) is 0 Å². The maximum atomic E-state index is 12.6. The highest BCUT2D eigenvalue weighted by molar-refractivity contribution is 5.64. The molecule has 122 valence electrons. The topological polar surface area (TPSA) is 15.3 Å². The van der Waals surface area contributed by atoms with Crippen molar-refractivity contribution < 1.29 is 13.2 Å². The van der Waals surface area contributed by atoms with Crippen LogP contribution < -0.4 is 5.32 Å². The number of benzene rings is 2. The summed E-state index contributed by atoms with van der Waals surface area (Å²) in [6.45, 7) is 5.03. The first-order valence-electron chi connectivity index (χ1n) is 7.72. The van der Waals surface area contributed by atoms with Gasteiger partial charge >= 0.3 is 6.18 Å². The summed E-state index contributed by atoms with van der Waals surface area (Å²) in [6, 6.07) is 13.3. The van der Waals surface area contributed by atoms with Gasteiger partial charge in [0.2, 0.25) is 0 Å². The van der Waals surface area contributed by atoms with E-state index in [4.69, 9.17) is 0 Å². The van der Waals surface area contributed by atoms with E-state index >= 15 is 0 Å². The molecule has 1 aliphatic heterocycles. The molecule has 0 aliphatic carbocycles. The second-order valence-electron chi connectivity index (χ2n) is 5.80. The van der Waals surface area contributed by atoms with Crippen LogP contribution in [0.15, 0.2) is 48.5 Å². The lowest BCUT2D eigenvalue weighted by Crippen LogP contribution is -2.42. The molecule has 5 heteroatoms. The molecular weight excluding hydrogens is 301 g/mol. The minimum absolute atomic E-state index is 0.614. The first-order chi connectivity index (χ1) is 11.0. The summed E-state index contributed by atoms with van der Waals surface area (Å²) >= 11 is 0. The van der Waals surface area contributed by atoms with E-state index in [-0.39, 0.29) is 0 Å². The summed E-state index contributed by atoms with van der Waals surface area (Å²) in [7, 11) is 0. The standard InChI is InChI=1S/C18H19F3N2/c19-18(20,21)17-7-5-16(6-8-17)15-3-1-14(2-4-15)13-23-11-9-22-10-12-23/h1-8,22H,9-13H2. The molecule has 23 heavy (non-hydrogen) atoms. The molecule has 2 nitrogen and oxygen atoms in total. The molecule has 0 atom stereocenters. The van der Waals surface area contributed by atoms with Crippen LogP contribution in [0.4, 0.5) is 13.2 Å². The molecule has 2 aromatic carbocycles. The van der Waals surface area contributed by atoms with Crippen molar-refractivity contribution in [2.45, 2.75) is 12.7 Å². The van der Waals surface area contributed by atoms with E-state index in [1.165, 1.54) is 17.7 Å². The summed E-state index contributed by atoms with van der Waals surface area (Å²) in [5.74, 6) is 0. The van der Waals surface area contributed by atoms with Crippen molar-refractivity contribution in [3.05, 3.63) is 59.7 Å². The van der Waals surface area contributed by atoms with E-state index < -0.39 is 11.7 Å². The zero-order valence-electron chi connectivity index (χ0n) is 12.7. The fraction of sp³-hybridized carbons (Fsp3) is 0.333. The summed E-state index contributed by atoms with van der Waals surface area (Å²) < 4.78 is 37.8. The molecule has 2 aromatic rings. The highest BCUT2D eigenvalue weighted by atomic mass is 19.4. The molecule has 1 N–H and O–H groups in total. The monoisotopic (exact) mass is 320 g/mol. The van der Waals surface area contributed by atoms with Crippen LogP contribution in [0, 0.1) is 0 Å². The van der Waals surface area contributed by atoms with Crippen molar-refractivity contribution in [2.75, 3.05) is 26.2 Å². The quantitative estimate of drug-likeness (QED) is 0.926. The van der Waals surface area contributed by atoms with Gasteiger partial charge in [0.15, 0.2) is 0 Å². The smallest absolute Gasteiger partial charge is 0.314 e. The lowest BCUT2D eigenvalue weighted by atomic mass is 10.0.